The number of hydrazone groups is 1. The van der Waals surface area contributed by atoms with Crippen molar-refractivity contribution in [1.82, 2.24) is 10.7 Å². The van der Waals surface area contributed by atoms with E-state index in [9.17, 15) is 9.59 Å². The van der Waals surface area contributed by atoms with Crippen LogP contribution in [0.1, 0.15) is 32.3 Å². The van der Waals surface area contributed by atoms with Gasteiger partial charge in [0.2, 0.25) is 11.8 Å². The Kier molecular flexibility index (Phi) is 10.5. The third-order valence-electron chi connectivity index (χ3n) is 3.08. The number of benzene rings is 1. The molecule has 1 aromatic carbocycles. The van der Waals surface area contributed by atoms with Gasteiger partial charge in [-0.25, -0.2) is 5.43 Å². The first-order chi connectivity index (χ1) is 12.6. The van der Waals surface area contributed by atoms with Gasteiger partial charge in [-0.2, -0.15) is 5.10 Å². The Balaban J connectivity index is 2.55. The number of amides is 2. The lowest BCUT2D eigenvalue weighted by Gasteiger charge is -2.11. The quantitative estimate of drug-likeness (QED) is 0.253. The van der Waals surface area contributed by atoms with Crippen LogP contribution in [0.3, 0.4) is 0 Å². The molecule has 0 atom stereocenters. The molecule has 0 aliphatic rings. The average Bonchev–Trinajstić information content (AvgIpc) is 2.61. The molecule has 0 fully saturated rings. The lowest BCUT2D eigenvalue weighted by atomic mass is 10.2. The van der Waals surface area contributed by atoms with E-state index in [1.54, 1.807) is 18.2 Å². The van der Waals surface area contributed by atoms with Crippen LogP contribution in [0.2, 0.25) is 0 Å². The summed E-state index contributed by atoms with van der Waals surface area (Å²) in [6, 6.07) is 5.38. The highest BCUT2D eigenvalue weighted by molar-refractivity contribution is 5.97. The molecule has 0 spiro atoms. The van der Waals surface area contributed by atoms with Gasteiger partial charge in [0.15, 0.2) is 11.5 Å². The Morgan fingerprint density at radius 2 is 1.92 bits per heavy atom. The van der Waals surface area contributed by atoms with E-state index >= 15 is 0 Å². The van der Waals surface area contributed by atoms with Crippen LogP contribution in [0, 0.1) is 0 Å². The molecule has 0 aliphatic heterocycles. The van der Waals surface area contributed by atoms with Crippen molar-refractivity contribution in [3.05, 3.63) is 23.8 Å². The van der Waals surface area contributed by atoms with E-state index in [4.69, 9.17) is 14.2 Å². The van der Waals surface area contributed by atoms with E-state index in [0.717, 1.165) is 12.0 Å². The zero-order valence-electron chi connectivity index (χ0n) is 15.5. The summed E-state index contributed by atoms with van der Waals surface area (Å²) in [4.78, 5) is 23.1. The highest BCUT2D eigenvalue weighted by atomic mass is 16.5. The second kappa shape index (κ2) is 12.7. The van der Waals surface area contributed by atoms with Crippen LogP contribution in [0.15, 0.2) is 23.3 Å². The van der Waals surface area contributed by atoms with Gasteiger partial charge in [-0.15, -0.1) is 0 Å². The number of hydrogen-bond donors (Lipinski definition) is 2. The first-order valence-electron chi connectivity index (χ1n) is 8.57. The van der Waals surface area contributed by atoms with E-state index in [-0.39, 0.29) is 12.3 Å². The maximum Gasteiger partial charge on any atom is 0.249 e. The highest BCUT2D eigenvalue weighted by Gasteiger charge is 2.08. The number of hydrogen-bond acceptors (Lipinski definition) is 6. The molecule has 0 saturated carbocycles. The Morgan fingerprint density at radius 1 is 1.12 bits per heavy atom. The Hall–Kier alpha value is -2.61. The van der Waals surface area contributed by atoms with Gasteiger partial charge in [0.05, 0.1) is 26.0 Å². The number of methoxy groups -OCH3 is 1. The Labute approximate surface area is 153 Å². The third-order valence-corrected chi connectivity index (χ3v) is 3.08. The monoisotopic (exact) mass is 365 g/mol. The van der Waals surface area contributed by atoms with Gasteiger partial charge >= 0.3 is 0 Å². The highest BCUT2D eigenvalue weighted by Crippen LogP contribution is 2.28. The molecule has 8 nitrogen and oxygen atoms in total. The Bertz CT molecular complexity index is 604. The number of carbonyl (C=O) groups excluding carboxylic acids is 2. The van der Waals surface area contributed by atoms with Crippen molar-refractivity contribution < 1.29 is 23.8 Å². The molecule has 2 N–H and O–H groups in total. The summed E-state index contributed by atoms with van der Waals surface area (Å²) in [7, 11) is 1.53. The fourth-order valence-electron chi connectivity index (χ4n) is 1.92. The van der Waals surface area contributed by atoms with Gasteiger partial charge in [-0.3, -0.25) is 9.59 Å². The maximum absolute atomic E-state index is 11.7. The fraction of sp³-hybridized carbons (Fsp3) is 0.500. The van der Waals surface area contributed by atoms with Crippen LogP contribution < -0.4 is 20.2 Å². The average molecular weight is 365 g/mol. The van der Waals surface area contributed by atoms with Crippen molar-refractivity contribution in [1.29, 1.82) is 0 Å². The fourth-order valence-corrected chi connectivity index (χ4v) is 1.92. The van der Waals surface area contributed by atoms with Crippen molar-refractivity contribution in [2.45, 2.75) is 26.7 Å². The second-order valence-electron chi connectivity index (χ2n) is 5.30. The molecule has 0 aromatic heterocycles. The minimum Gasteiger partial charge on any atom is -0.490 e. The lowest BCUT2D eigenvalue weighted by molar-refractivity contribution is -0.129. The predicted octanol–water partition coefficient (Wildman–Crippen LogP) is 1.48. The van der Waals surface area contributed by atoms with Crippen molar-refractivity contribution in [2.24, 2.45) is 5.10 Å². The summed E-state index contributed by atoms with van der Waals surface area (Å²) in [6.07, 6.45) is 2.09. The minimum absolute atomic E-state index is 0.297. The van der Waals surface area contributed by atoms with E-state index in [2.05, 4.69) is 15.8 Å². The first-order valence-corrected chi connectivity index (χ1v) is 8.57. The number of nitrogens with one attached hydrogen (secondary N) is 2. The number of nitrogens with zero attached hydrogens (tertiary/aromatic N) is 1. The maximum atomic E-state index is 11.7. The van der Waals surface area contributed by atoms with Crippen molar-refractivity contribution in [3.63, 3.8) is 0 Å². The zero-order valence-corrected chi connectivity index (χ0v) is 15.5. The van der Waals surface area contributed by atoms with Gasteiger partial charge in [0.1, 0.15) is 6.42 Å². The number of rotatable bonds is 12. The summed E-state index contributed by atoms with van der Waals surface area (Å²) < 4.78 is 16.0. The molecule has 0 bridgehead atoms. The topological polar surface area (TPSA) is 98.2 Å². The molecule has 1 rings (SSSR count). The summed E-state index contributed by atoms with van der Waals surface area (Å²) in [5.74, 6) is 0.409. The first kappa shape index (κ1) is 21.4. The van der Waals surface area contributed by atoms with Crippen molar-refractivity contribution >= 4 is 18.0 Å². The third kappa shape index (κ3) is 8.48. The summed E-state index contributed by atoms with van der Waals surface area (Å²) in [5, 5.41) is 6.42. The molecule has 2 amide bonds. The molecule has 0 heterocycles. The van der Waals surface area contributed by atoms with Gasteiger partial charge in [-0.1, -0.05) is 6.92 Å². The van der Waals surface area contributed by atoms with Crippen LogP contribution in [0.4, 0.5) is 0 Å². The van der Waals surface area contributed by atoms with Crippen LogP contribution in [0.25, 0.3) is 0 Å². The standard InChI is InChI=1S/C18H27N3O5/c1-4-9-26-15-7-6-14(11-16(15)25-5-2)13-20-21-18(23)12-17(22)19-8-10-24-3/h6-7,11,13H,4-5,8-10,12H2,1-3H3,(H,19,22)(H,21,23)/b20-13-. The summed E-state index contributed by atoms with van der Waals surface area (Å²) in [5.41, 5.74) is 3.06. The number of ether oxygens (including phenoxy) is 3. The molecule has 0 saturated heterocycles. The molecular weight excluding hydrogens is 338 g/mol. The normalized spacial score (nSPS) is 10.6. The van der Waals surface area contributed by atoms with Gasteiger partial charge in [0, 0.05) is 13.7 Å². The van der Waals surface area contributed by atoms with E-state index in [1.807, 2.05) is 13.8 Å². The summed E-state index contributed by atoms with van der Waals surface area (Å²) in [6.45, 7) is 5.79. The smallest absolute Gasteiger partial charge is 0.249 e. The van der Waals surface area contributed by atoms with E-state index < -0.39 is 5.91 Å². The lowest BCUT2D eigenvalue weighted by Crippen LogP contribution is -2.31. The molecule has 1 aromatic rings. The molecule has 0 unspecified atom stereocenters. The van der Waals surface area contributed by atoms with Crippen molar-refractivity contribution in [2.75, 3.05) is 33.5 Å². The van der Waals surface area contributed by atoms with Gasteiger partial charge in [-0.05, 0) is 37.1 Å². The zero-order chi connectivity index (χ0) is 19.2. The SMILES string of the molecule is CCCOc1ccc(/C=N\NC(=O)CC(=O)NCCOC)cc1OCC. The van der Waals surface area contributed by atoms with Crippen molar-refractivity contribution in [3.8, 4) is 11.5 Å². The molecule has 26 heavy (non-hydrogen) atoms. The molecule has 144 valence electrons. The number of carbonyl (C=O) groups is 2. The van der Waals surface area contributed by atoms with Crippen LogP contribution in [-0.4, -0.2) is 51.5 Å². The Morgan fingerprint density at radius 3 is 2.62 bits per heavy atom. The summed E-state index contributed by atoms with van der Waals surface area (Å²) >= 11 is 0. The molecule has 8 heteroatoms. The minimum atomic E-state index is -0.496. The van der Waals surface area contributed by atoms with E-state index in [1.165, 1.54) is 13.3 Å². The second-order valence-corrected chi connectivity index (χ2v) is 5.30. The van der Waals surface area contributed by atoms with Crippen LogP contribution in [0.5, 0.6) is 11.5 Å². The molecule has 0 radical (unpaired) electrons. The predicted molar refractivity (Wildman–Crippen MR) is 98.6 cm³/mol. The molecule has 0 aliphatic carbocycles. The van der Waals surface area contributed by atoms with Gasteiger partial charge in [0.25, 0.3) is 0 Å². The van der Waals surface area contributed by atoms with E-state index in [0.29, 0.717) is 37.9 Å². The molecular formula is C18H27N3O5. The van der Waals surface area contributed by atoms with Crippen LogP contribution >= 0.6 is 0 Å². The largest absolute Gasteiger partial charge is 0.490 e. The van der Waals surface area contributed by atoms with Gasteiger partial charge < -0.3 is 19.5 Å². The van der Waals surface area contributed by atoms with Crippen LogP contribution in [-0.2, 0) is 14.3 Å².